The largest absolute Gasteiger partial charge is 0.481 e. The zero-order valence-electron chi connectivity index (χ0n) is 23.4. The van der Waals surface area contributed by atoms with Crippen LogP contribution in [0, 0.1) is 45.3 Å². The molecule has 2 saturated carbocycles. The first-order valence-electron chi connectivity index (χ1n) is 13.8. The maximum Gasteiger partial charge on any atom is 0.306 e. The smallest absolute Gasteiger partial charge is 0.306 e. The lowest BCUT2D eigenvalue weighted by Crippen LogP contribution is -2.60. The molecule has 0 aromatic heterocycles. The summed E-state index contributed by atoms with van der Waals surface area (Å²) >= 11 is 0. The topological polar surface area (TPSA) is 129 Å². The lowest BCUT2D eigenvalue weighted by Gasteiger charge is -2.61. The van der Waals surface area contributed by atoms with Crippen LogP contribution in [0.5, 0.6) is 0 Å². The molecule has 0 amide bonds. The van der Waals surface area contributed by atoms with Gasteiger partial charge in [-0.05, 0) is 48.0 Å². The molecule has 2 fully saturated rings. The van der Waals surface area contributed by atoms with Crippen molar-refractivity contribution in [3.05, 3.63) is 11.1 Å². The van der Waals surface area contributed by atoms with Crippen molar-refractivity contribution in [1.82, 2.24) is 0 Å². The summed E-state index contributed by atoms with van der Waals surface area (Å²) in [6.45, 7) is 13.4. The Morgan fingerprint density at radius 3 is 2.22 bits per heavy atom. The summed E-state index contributed by atoms with van der Waals surface area (Å²) in [5.41, 5.74) is -1.40. The molecule has 2 unspecified atom stereocenters. The Bertz CT molecular complexity index is 1070. The van der Waals surface area contributed by atoms with Crippen molar-refractivity contribution in [3.63, 3.8) is 0 Å². The fourth-order valence-corrected chi connectivity index (χ4v) is 9.20. The Hall–Kier alpha value is -1.86. The highest BCUT2D eigenvalue weighted by Crippen LogP contribution is 2.71. The number of fused-ring (bicyclic) bond motifs is 4. The highest BCUT2D eigenvalue weighted by molar-refractivity contribution is 6.01. The maximum atomic E-state index is 14.1. The van der Waals surface area contributed by atoms with Crippen LogP contribution >= 0.6 is 0 Å². The van der Waals surface area contributed by atoms with E-state index in [9.17, 15) is 34.5 Å². The number of carbonyl (C=O) groups is 4. The van der Waals surface area contributed by atoms with Crippen LogP contribution in [0.15, 0.2) is 11.1 Å². The molecule has 206 valence electrons. The van der Waals surface area contributed by atoms with E-state index in [1.165, 1.54) is 6.92 Å². The number of allylic oxidation sites excluding steroid dienone is 1. The molecule has 4 aliphatic carbocycles. The van der Waals surface area contributed by atoms with Gasteiger partial charge in [-0.2, -0.15) is 0 Å². The normalized spacial score (nSPS) is 42.5. The van der Waals surface area contributed by atoms with E-state index >= 15 is 0 Å². The Labute approximate surface area is 220 Å². The molecule has 0 radical (unpaired) electrons. The van der Waals surface area contributed by atoms with Crippen molar-refractivity contribution in [2.45, 2.75) is 106 Å². The Balaban J connectivity index is 1.74. The van der Waals surface area contributed by atoms with Crippen LogP contribution in [0.3, 0.4) is 0 Å². The minimum Gasteiger partial charge on any atom is -0.481 e. The number of rotatable bonds is 6. The number of carbonyl (C=O) groups excluding carboxylic acids is 3. The van der Waals surface area contributed by atoms with Crippen LogP contribution in [-0.4, -0.2) is 50.8 Å². The molecular formula is C30H44O7. The number of aliphatic hydroxyl groups is 2. The predicted molar refractivity (Wildman–Crippen MR) is 137 cm³/mol. The van der Waals surface area contributed by atoms with E-state index < -0.39 is 45.8 Å². The number of aliphatic hydroxyl groups excluding tert-OH is 2. The fraction of sp³-hybridized carbons (Fsp3) is 0.800. The zero-order chi connectivity index (χ0) is 27.9. The van der Waals surface area contributed by atoms with Gasteiger partial charge in [-0.3, -0.25) is 19.2 Å². The highest BCUT2D eigenvalue weighted by Gasteiger charge is 2.70. The van der Waals surface area contributed by atoms with Crippen LogP contribution in [-0.2, 0) is 19.2 Å². The number of ketones is 3. The first kappa shape index (κ1) is 28.2. The van der Waals surface area contributed by atoms with Crippen molar-refractivity contribution in [1.29, 1.82) is 0 Å². The average Bonchev–Trinajstić information content (AvgIpc) is 2.99. The van der Waals surface area contributed by atoms with E-state index in [2.05, 4.69) is 6.92 Å². The molecule has 3 N–H and O–H groups in total. The number of hydrogen-bond donors (Lipinski definition) is 3. The van der Waals surface area contributed by atoms with Crippen LogP contribution in [0.4, 0.5) is 0 Å². The summed E-state index contributed by atoms with van der Waals surface area (Å²) in [7, 11) is 0. The van der Waals surface area contributed by atoms with Gasteiger partial charge in [0.05, 0.1) is 18.1 Å². The van der Waals surface area contributed by atoms with Gasteiger partial charge in [-0.15, -0.1) is 0 Å². The molecule has 0 saturated heterocycles. The molecule has 0 spiro atoms. The summed E-state index contributed by atoms with van der Waals surface area (Å²) in [6, 6.07) is 0. The van der Waals surface area contributed by atoms with Crippen LogP contribution in [0.1, 0.15) is 93.4 Å². The lowest BCUT2D eigenvalue weighted by atomic mass is 9.42. The van der Waals surface area contributed by atoms with E-state index in [0.29, 0.717) is 36.8 Å². The van der Waals surface area contributed by atoms with Gasteiger partial charge in [-0.1, -0.05) is 48.5 Å². The fourth-order valence-electron chi connectivity index (χ4n) is 9.20. The second-order valence-corrected chi connectivity index (χ2v) is 13.9. The number of Topliss-reactive ketones (excluding diaryl/α,β-unsaturated/α-hetero) is 3. The second kappa shape index (κ2) is 8.84. The van der Waals surface area contributed by atoms with Gasteiger partial charge in [-0.25, -0.2) is 0 Å². The molecule has 9 atom stereocenters. The zero-order valence-corrected chi connectivity index (χ0v) is 23.4. The maximum absolute atomic E-state index is 14.1. The van der Waals surface area contributed by atoms with Gasteiger partial charge in [0.1, 0.15) is 11.6 Å². The van der Waals surface area contributed by atoms with E-state index in [-0.39, 0.29) is 54.4 Å². The molecule has 0 aromatic rings. The minimum absolute atomic E-state index is 0.0106. The van der Waals surface area contributed by atoms with E-state index in [1.807, 2.05) is 34.6 Å². The van der Waals surface area contributed by atoms with Crippen molar-refractivity contribution >= 4 is 23.3 Å². The van der Waals surface area contributed by atoms with Gasteiger partial charge in [0.2, 0.25) is 0 Å². The summed E-state index contributed by atoms with van der Waals surface area (Å²) < 4.78 is 0. The van der Waals surface area contributed by atoms with E-state index in [0.717, 1.165) is 0 Å². The van der Waals surface area contributed by atoms with Gasteiger partial charge in [0.25, 0.3) is 0 Å². The molecule has 0 aromatic carbocycles. The van der Waals surface area contributed by atoms with Crippen LogP contribution in [0.2, 0.25) is 0 Å². The SMILES string of the molecule is CC(CC(=O)CC(C)[C@H]1C[C@H](O)[C@@]2(C)C3=C(C(=O)C[C@]12C)[C@@]1(C)CCC(=O)C(C)(C)[C@@H]1C[C@@H]3O)C(=O)O. The minimum atomic E-state index is -1.00. The number of aliphatic carboxylic acids is 1. The third-order valence-electron chi connectivity index (χ3n) is 11.6. The lowest BCUT2D eigenvalue weighted by molar-refractivity contribution is -0.146. The van der Waals surface area contributed by atoms with E-state index in [4.69, 9.17) is 0 Å². The van der Waals surface area contributed by atoms with Crippen LogP contribution in [0.25, 0.3) is 0 Å². The van der Waals surface area contributed by atoms with Gasteiger partial charge in [0, 0.05) is 47.5 Å². The van der Waals surface area contributed by atoms with Crippen molar-refractivity contribution < 1.29 is 34.5 Å². The first-order chi connectivity index (χ1) is 16.9. The molecule has 4 rings (SSSR count). The quantitative estimate of drug-likeness (QED) is 0.484. The molecule has 7 nitrogen and oxygen atoms in total. The number of carboxylic acid groups (broad SMARTS) is 1. The summed E-state index contributed by atoms with van der Waals surface area (Å²) in [4.78, 5) is 50.8. The van der Waals surface area contributed by atoms with Gasteiger partial charge < -0.3 is 15.3 Å². The molecule has 4 aliphatic rings. The molecular weight excluding hydrogens is 472 g/mol. The molecule has 37 heavy (non-hydrogen) atoms. The van der Waals surface area contributed by atoms with E-state index in [1.54, 1.807) is 0 Å². The molecule has 0 bridgehead atoms. The van der Waals surface area contributed by atoms with Crippen molar-refractivity contribution in [3.8, 4) is 0 Å². The molecule has 0 aliphatic heterocycles. The van der Waals surface area contributed by atoms with Crippen molar-refractivity contribution in [2.75, 3.05) is 0 Å². The summed E-state index contributed by atoms with van der Waals surface area (Å²) in [5.74, 6) is -2.17. The predicted octanol–water partition coefficient (Wildman–Crippen LogP) is 4.13. The van der Waals surface area contributed by atoms with Gasteiger partial charge in [0.15, 0.2) is 5.78 Å². The summed E-state index contributed by atoms with van der Waals surface area (Å²) in [5, 5.41) is 32.4. The Kier molecular flexibility index (Phi) is 6.72. The second-order valence-electron chi connectivity index (χ2n) is 13.9. The average molecular weight is 517 g/mol. The number of hydrogen-bond acceptors (Lipinski definition) is 6. The van der Waals surface area contributed by atoms with Gasteiger partial charge >= 0.3 is 5.97 Å². The van der Waals surface area contributed by atoms with Crippen LogP contribution < -0.4 is 0 Å². The Morgan fingerprint density at radius 2 is 1.62 bits per heavy atom. The molecule has 0 heterocycles. The highest BCUT2D eigenvalue weighted by atomic mass is 16.4. The third-order valence-corrected chi connectivity index (χ3v) is 11.6. The monoisotopic (exact) mass is 516 g/mol. The molecule has 7 heteroatoms. The first-order valence-corrected chi connectivity index (χ1v) is 13.8. The number of carboxylic acids is 1. The standard InChI is InChI=1S/C30H44O7/c1-15(10-17(31)11-16(2)26(36)37)18-12-23(35)30(7)25-19(32)13-21-27(3,4)22(34)8-9-28(21,5)24(25)20(33)14-29(18,30)6/h15-16,18-19,21,23,32,35H,8-14H2,1-7H3,(H,36,37)/t15?,16?,18-,19+,21+,23+,28+,29-,30+/m1/s1. The third kappa shape index (κ3) is 3.82. The van der Waals surface area contributed by atoms with Crippen molar-refractivity contribution in [2.24, 2.45) is 45.3 Å². The summed E-state index contributed by atoms with van der Waals surface area (Å²) in [6.07, 6.45) is 0.421. The Morgan fingerprint density at radius 1 is 1.00 bits per heavy atom.